The molecule has 1 heterocycles. The number of nitrogens with zero attached hydrogens (tertiary/aromatic N) is 1. The second-order valence-electron chi connectivity index (χ2n) is 3.36. The molecule has 1 N–H and O–H groups in total. The lowest BCUT2D eigenvalue weighted by Gasteiger charge is -2.02. The summed E-state index contributed by atoms with van der Waals surface area (Å²) in [6, 6.07) is 8.88. The second-order valence-corrected chi connectivity index (χ2v) is 3.80. The lowest BCUT2D eigenvalue weighted by molar-refractivity contribution is -0.402. The fraction of sp³-hybridized carbons (Fsp3) is 0. The van der Waals surface area contributed by atoms with Crippen LogP contribution < -0.4 is 5.32 Å². The van der Waals surface area contributed by atoms with Crippen LogP contribution in [-0.4, -0.2) is 10.8 Å². The fourth-order valence-corrected chi connectivity index (χ4v) is 1.50. The van der Waals surface area contributed by atoms with Crippen molar-refractivity contribution in [2.45, 2.75) is 0 Å². The highest BCUT2D eigenvalue weighted by Gasteiger charge is 2.17. The first-order valence-corrected chi connectivity index (χ1v) is 5.25. The number of amides is 1. The number of halogens is 1. The second kappa shape index (κ2) is 4.89. The largest absolute Gasteiger partial charge is 0.433 e. The number of rotatable bonds is 3. The maximum Gasteiger partial charge on any atom is 0.433 e. The molecule has 1 aromatic heterocycles. The summed E-state index contributed by atoms with van der Waals surface area (Å²) in [6.45, 7) is 0. The zero-order valence-electron chi connectivity index (χ0n) is 8.92. The third-order valence-corrected chi connectivity index (χ3v) is 2.31. The van der Waals surface area contributed by atoms with Crippen LogP contribution in [0.25, 0.3) is 0 Å². The van der Waals surface area contributed by atoms with Gasteiger partial charge < -0.3 is 9.73 Å². The third-order valence-electron chi connectivity index (χ3n) is 2.08. The monoisotopic (exact) mass is 266 g/mol. The van der Waals surface area contributed by atoms with Gasteiger partial charge in [0, 0.05) is 10.7 Å². The Balaban J connectivity index is 2.14. The number of furan rings is 1. The van der Waals surface area contributed by atoms with Crippen LogP contribution in [0.15, 0.2) is 40.8 Å². The summed E-state index contributed by atoms with van der Waals surface area (Å²) in [6.07, 6.45) is 0. The summed E-state index contributed by atoms with van der Waals surface area (Å²) < 4.78 is 4.77. The Bertz CT molecular complexity index is 609. The third kappa shape index (κ3) is 2.67. The molecule has 0 radical (unpaired) electrons. The molecule has 0 aliphatic heterocycles. The molecular formula is C11H7ClN2O4. The Hall–Kier alpha value is -2.34. The van der Waals surface area contributed by atoms with Gasteiger partial charge in [0.05, 0.1) is 6.07 Å². The van der Waals surface area contributed by atoms with E-state index >= 15 is 0 Å². The van der Waals surface area contributed by atoms with Gasteiger partial charge in [-0.25, -0.2) is 0 Å². The minimum atomic E-state index is -0.712. The van der Waals surface area contributed by atoms with E-state index < -0.39 is 16.7 Å². The predicted octanol–water partition coefficient (Wildman–Crippen LogP) is 3.09. The Kier molecular flexibility index (Phi) is 3.29. The molecule has 7 heteroatoms. The SMILES string of the molecule is O=C(Nc1cccc(Cl)c1)c1ccc([N+](=O)[O-])o1. The molecule has 0 aliphatic rings. The maximum absolute atomic E-state index is 11.7. The number of carbonyl (C=O) groups is 1. The van der Waals surface area contributed by atoms with E-state index in [2.05, 4.69) is 5.32 Å². The molecule has 1 amide bonds. The van der Waals surface area contributed by atoms with Crippen LogP contribution in [0, 0.1) is 10.1 Å². The van der Waals surface area contributed by atoms with Gasteiger partial charge in [-0.15, -0.1) is 0 Å². The van der Waals surface area contributed by atoms with E-state index in [0.717, 1.165) is 6.07 Å². The first-order valence-electron chi connectivity index (χ1n) is 4.87. The summed E-state index contributed by atoms with van der Waals surface area (Å²) in [5.74, 6) is -1.20. The number of carbonyl (C=O) groups excluding carboxylic acids is 1. The molecular weight excluding hydrogens is 260 g/mol. The first-order chi connectivity index (χ1) is 8.56. The zero-order chi connectivity index (χ0) is 13.1. The average Bonchev–Trinajstić information content (AvgIpc) is 2.78. The van der Waals surface area contributed by atoms with Gasteiger partial charge in [-0.2, -0.15) is 0 Å². The molecule has 0 spiro atoms. The predicted molar refractivity (Wildman–Crippen MR) is 64.8 cm³/mol. The number of hydrogen-bond acceptors (Lipinski definition) is 4. The van der Waals surface area contributed by atoms with Crippen molar-refractivity contribution >= 4 is 29.1 Å². The summed E-state index contributed by atoms with van der Waals surface area (Å²) >= 11 is 5.76. The topological polar surface area (TPSA) is 85.4 Å². The van der Waals surface area contributed by atoms with Crippen molar-refractivity contribution < 1.29 is 14.1 Å². The molecule has 92 valence electrons. The van der Waals surface area contributed by atoms with Crippen LogP contribution in [0.2, 0.25) is 5.02 Å². The van der Waals surface area contributed by atoms with Crippen molar-refractivity contribution in [3.63, 3.8) is 0 Å². The van der Waals surface area contributed by atoms with Crippen molar-refractivity contribution in [1.82, 2.24) is 0 Å². The molecule has 0 aliphatic carbocycles. The highest BCUT2D eigenvalue weighted by molar-refractivity contribution is 6.30. The van der Waals surface area contributed by atoms with Crippen LogP contribution in [0.3, 0.4) is 0 Å². The number of nitrogens with one attached hydrogen (secondary N) is 1. The van der Waals surface area contributed by atoms with Crippen molar-refractivity contribution in [3.8, 4) is 0 Å². The number of benzene rings is 1. The lowest BCUT2D eigenvalue weighted by atomic mass is 10.3. The average molecular weight is 267 g/mol. The molecule has 0 saturated heterocycles. The number of nitro groups is 1. The van der Waals surface area contributed by atoms with Crippen molar-refractivity contribution in [1.29, 1.82) is 0 Å². The lowest BCUT2D eigenvalue weighted by Crippen LogP contribution is -2.10. The Labute approximate surface area is 106 Å². The zero-order valence-corrected chi connectivity index (χ0v) is 9.68. The van der Waals surface area contributed by atoms with E-state index in [9.17, 15) is 14.9 Å². The number of anilines is 1. The highest BCUT2D eigenvalue weighted by Crippen LogP contribution is 2.19. The van der Waals surface area contributed by atoms with E-state index in [1.165, 1.54) is 6.07 Å². The van der Waals surface area contributed by atoms with E-state index in [1.54, 1.807) is 24.3 Å². The van der Waals surface area contributed by atoms with Crippen molar-refractivity contribution in [2.75, 3.05) is 5.32 Å². The molecule has 0 atom stereocenters. The molecule has 6 nitrogen and oxygen atoms in total. The van der Waals surface area contributed by atoms with Gasteiger partial charge in [-0.05, 0) is 24.3 Å². The van der Waals surface area contributed by atoms with Gasteiger partial charge in [-0.1, -0.05) is 17.7 Å². The molecule has 1 aromatic carbocycles. The van der Waals surface area contributed by atoms with Gasteiger partial charge in [0.15, 0.2) is 5.76 Å². The summed E-state index contributed by atoms with van der Waals surface area (Å²) in [5, 5.41) is 13.4. The van der Waals surface area contributed by atoms with Crippen molar-refractivity contribution in [3.05, 3.63) is 57.3 Å². The normalized spacial score (nSPS) is 10.1. The van der Waals surface area contributed by atoms with E-state index in [-0.39, 0.29) is 5.76 Å². The number of hydrogen-bond donors (Lipinski definition) is 1. The molecule has 18 heavy (non-hydrogen) atoms. The smallest absolute Gasteiger partial charge is 0.395 e. The Morgan fingerprint density at radius 3 is 2.72 bits per heavy atom. The summed E-state index contributed by atoms with van der Waals surface area (Å²) in [5.41, 5.74) is 0.478. The Morgan fingerprint density at radius 1 is 1.33 bits per heavy atom. The molecule has 0 saturated carbocycles. The van der Waals surface area contributed by atoms with Crippen LogP contribution in [0.1, 0.15) is 10.6 Å². The Morgan fingerprint density at radius 2 is 2.11 bits per heavy atom. The quantitative estimate of drug-likeness (QED) is 0.683. The van der Waals surface area contributed by atoms with E-state index in [0.29, 0.717) is 10.7 Å². The standard InChI is InChI=1S/C11H7ClN2O4/c12-7-2-1-3-8(6-7)13-11(15)9-4-5-10(18-9)14(16)17/h1-6H,(H,13,15). The van der Waals surface area contributed by atoms with E-state index in [1.807, 2.05) is 0 Å². The maximum atomic E-state index is 11.7. The van der Waals surface area contributed by atoms with Crippen LogP contribution in [-0.2, 0) is 0 Å². The van der Waals surface area contributed by atoms with Crippen LogP contribution >= 0.6 is 11.6 Å². The first kappa shape index (κ1) is 12.1. The van der Waals surface area contributed by atoms with Gasteiger partial charge in [0.1, 0.15) is 4.92 Å². The van der Waals surface area contributed by atoms with Gasteiger partial charge in [-0.3, -0.25) is 14.9 Å². The minimum Gasteiger partial charge on any atom is -0.395 e. The minimum absolute atomic E-state index is 0.137. The van der Waals surface area contributed by atoms with Gasteiger partial charge >= 0.3 is 5.88 Å². The van der Waals surface area contributed by atoms with Gasteiger partial charge in [0.25, 0.3) is 5.91 Å². The van der Waals surface area contributed by atoms with E-state index in [4.69, 9.17) is 16.0 Å². The van der Waals surface area contributed by atoms with Gasteiger partial charge in [0.2, 0.25) is 0 Å². The molecule has 2 rings (SSSR count). The molecule has 0 fully saturated rings. The van der Waals surface area contributed by atoms with Crippen molar-refractivity contribution in [2.24, 2.45) is 0 Å². The summed E-state index contributed by atoms with van der Waals surface area (Å²) in [7, 11) is 0. The summed E-state index contributed by atoms with van der Waals surface area (Å²) in [4.78, 5) is 21.4. The molecule has 2 aromatic rings. The molecule has 0 bridgehead atoms. The molecule has 0 unspecified atom stereocenters. The fourth-order valence-electron chi connectivity index (χ4n) is 1.31. The van der Waals surface area contributed by atoms with Crippen LogP contribution in [0.5, 0.6) is 0 Å². The highest BCUT2D eigenvalue weighted by atomic mass is 35.5. The van der Waals surface area contributed by atoms with Crippen LogP contribution in [0.4, 0.5) is 11.6 Å².